The van der Waals surface area contributed by atoms with Crippen molar-refractivity contribution < 1.29 is 4.79 Å². The summed E-state index contributed by atoms with van der Waals surface area (Å²) in [5, 5.41) is 1.10. The van der Waals surface area contributed by atoms with E-state index >= 15 is 0 Å². The summed E-state index contributed by atoms with van der Waals surface area (Å²) >= 11 is 12.5. The molecule has 4 saturated carbocycles. The van der Waals surface area contributed by atoms with Crippen LogP contribution in [-0.4, -0.2) is 5.91 Å². The number of amides is 1. The molecule has 2 nitrogen and oxygen atoms in total. The average molecular weight is 527 g/mol. The Kier molecular flexibility index (Phi) is 5.60. The number of anilines is 1. The highest BCUT2D eigenvalue weighted by Gasteiger charge is 2.51. The van der Waals surface area contributed by atoms with Gasteiger partial charge in [0.15, 0.2) is 0 Å². The third-order valence-corrected chi connectivity index (χ3v) is 9.66. The summed E-state index contributed by atoms with van der Waals surface area (Å²) in [5.41, 5.74) is 5.98. The Morgan fingerprint density at radius 3 is 2.08 bits per heavy atom. The van der Waals surface area contributed by atoms with Gasteiger partial charge in [-0.3, -0.25) is 9.69 Å². The molecule has 3 aromatic carbocycles. The second kappa shape index (κ2) is 8.89. The fraction of sp³-hybridized carbons (Fsp3) is 0.303. The molecule has 0 saturated heterocycles. The lowest BCUT2D eigenvalue weighted by Gasteiger charge is -2.57. The number of benzene rings is 3. The van der Waals surface area contributed by atoms with E-state index in [1.165, 1.54) is 44.1 Å². The molecule has 1 amide bonds. The fourth-order valence-electron chi connectivity index (χ4n) is 7.91. The van der Waals surface area contributed by atoms with E-state index in [2.05, 4.69) is 24.3 Å². The molecule has 37 heavy (non-hydrogen) atoms. The number of nitrogens with zero attached hydrogens (tertiary/aromatic N) is 1. The van der Waals surface area contributed by atoms with Crippen LogP contribution in [0.1, 0.15) is 55.2 Å². The van der Waals surface area contributed by atoms with Gasteiger partial charge >= 0.3 is 0 Å². The van der Waals surface area contributed by atoms with Gasteiger partial charge in [-0.1, -0.05) is 71.7 Å². The third kappa shape index (κ3) is 4.06. The van der Waals surface area contributed by atoms with Crippen molar-refractivity contribution in [3.05, 3.63) is 111 Å². The van der Waals surface area contributed by atoms with E-state index < -0.39 is 0 Å². The van der Waals surface area contributed by atoms with Gasteiger partial charge in [-0.25, -0.2) is 0 Å². The molecule has 4 bridgehead atoms. The van der Waals surface area contributed by atoms with E-state index in [4.69, 9.17) is 23.2 Å². The predicted octanol–water partition coefficient (Wildman–Crippen LogP) is 8.93. The number of carbonyl (C=O) groups excluding carboxylic acids is 1. The zero-order chi connectivity index (χ0) is 25.1. The molecule has 8 rings (SSSR count). The Balaban J connectivity index is 1.25. The number of carbonyl (C=O) groups is 1. The van der Waals surface area contributed by atoms with E-state index in [0.29, 0.717) is 21.0 Å². The summed E-state index contributed by atoms with van der Waals surface area (Å²) in [7, 11) is 0. The Labute approximate surface area is 228 Å². The molecule has 0 radical (unpaired) electrons. The fourth-order valence-corrected chi connectivity index (χ4v) is 8.37. The minimum atomic E-state index is -0.0487. The lowest BCUT2D eigenvalue weighted by Crippen LogP contribution is -2.48. The van der Waals surface area contributed by atoms with E-state index in [1.807, 2.05) is 53.5 Å². The summed E-state index contributed by atoms with van der Waals surface area (Å²) in [5.74, 6) is 2.68. The van der Waals surface area contributed by atoms with E-state index in [0.717, 1.165) is 40.3 Å². The second-order valence-electron chi connectivity index (χ2n) is 11.5. The van der Waals surface area contributed by atoms with Gasteiger partial charge < -0.3 is 0 Å². The van der Waals surface area contributed by atoms with Crippen LogP contribution >= 0.6 is 23.2 Å². The molecule has 1 aliphatic heterocycles. The third-order valence-electron chi connectivity index (χ3n) is 9.10. The zero-order valence-corrected chi connectivity index (χ0v) is 22.2. The van der Waals surface area contributed by atoms with Crippen molar-refractivity contribution in [2.75, 3.05) is 4.90 Å². The summed E-state index contributed by atoms with van der Waals surface area (Å²) in [6, 6.07) is 24.4. The minimum absolute atomic E-state index is 0.0487. The number of halogens is 2. The van der Waals surface area contributed by atoms with E-state index in [-0.39, 0.29) is 5.91 Å². The van der Waals surface area contributed by atoms with Crippen LogP contribution in [0.3, 0.4) is 0 Å². The van der Waals surface area contributed by atoms with Crippen molar-refractivity contribution >= 4 is 46.6 Å². The lowest BCUT2D eigenvalue weighted by atomic mass is 9.48. The van der Waals surface area contributed by atoms with Gasteiger partial charge in [0, 0.05) is 21.3 Å². The van der Waals surface area contributed by atoms with Crippen molar-refractivity contribution in [1.82, 2.24) is 0 Å². The van der Waals surface area contributed by atoms with Gasteiger partial charge in [-0.2, -0.15) is 0 Å². The largest absolute Gasteiger partial charge is 0.276 e. The van der Waals surface area contributed by atoms with Crippen molar-refractivity contribution in [2.24, 2.45) is 17.8 Å². The number of rotatable bonds is 4. The molecule has 0 atom stereocenters. The molecule has 0 spiro atoms. The van der Waals surface area contributed by atoms with Crippen LogP contribution in [0.25, 0.3) is 11.8 Å². The summed E-state index contributed by atoms with van der Waals surface area (Å²) in [4.78, 5) is 15.7. The number of hydrogen-bond acceptors (Lipinski definition) is 1. The molecule has 3 aromatic rings. The highest BCUT2D eigenvalue weighted by molar-refractivity contribution is 6.35. The normalized spacial score (nSPS) is 29.3. The Hall–Kier alpha value is -2.81. The first-order chi connectivity index (χ1) is 18.0. The topological polar surface area (TPSA) is 20.3 Å². The lowest BCUT2D eigenvalue weighted by molar-refractivity contribution is -0.113. The molecule has 1 heterocycles. The summed E-state index contributed by atoms with van der Waals surface area (Å²) in [6.07, 6.45) is 12.2. The highest BCUT2D eigenvalue weighted by atomic mass is 35.5. The smallest absolute Gasteiger partial charge is 0.262 e. The molecule has 4 heteroatoms. The highest BCUT2D eigenvalue weighted by Crippen LogP contribution is 2.60. The first-order valence-corrected chi connectivity index (χ1v) is 14.1. The SMILES string of the molecule is O=C1/C(=C/c2ccc(Cl)cc2Cl)C=C(c2ccccc2)N1c1ccc(C23CC4CC(CC(C4)C2)C3)cc1. The van der Waals surface area contributed by atoms with Crippen LogP contribution in [0.5, 0.6) is 0 Å². The maximum Gasteiger partial charge on any atom is 0.262 e. The average Bonchev–Trinajstić information content (AvgIpc) is 3.21. The molecule has 0 aromatic heterocycles. The summed E-state index contributed by atoms with van der Waals surface area (Å²) < 4.78 is 0. The summed E-state index contributed by atoms with van der Waals surface area (Å²) in [6.45, 7) is 0. The second-order valence-corrected chi connectivity index (χ2v) is 12.4. The molecule has 4 aliphatic carbocycles. The van der Waals surface area contributed by atoms with E-state index in [9.17, 15) is 4.79 Å². The van der Waals surface area contributed by atoms with Crippen LogP contribution in [0.2, 0.25) is 10.0 Å². The van der Waals surface area contributed by atoms with Crippen molar-refractivity contribution in [3.8, 4) is 0 Å². The Morgan fingerprint density at radius 1 is 0.811 bits per heavy atom. The molecular formula is C33H29Cl2NO. The Morgan fingerprint density at radius 2 is 1.46 bits per heavy atom. The van der Waals surface area contributed by atoms with Gasteiger partial charge in [0.05, 0.1) is 5.70 Å². The van der Waals surface area contributed by atoms with Crippen LogP contribution in [0.15, 0.2) is 84.4 Å². The molecule has 0 unspecified atom stereocenters. The number of hydrogen-bond donors (Lipinski definition) is 0. The molecule has 186 valence electrons. The van der Waals surface area contributed by atoms with Gasteiger partial charge in [0.2, 0.25) is 0 Å². The van der Waals surface area contributed by atoms with E-state index in [1.54, 1.807) is 12.1 Å². The maximum atomic E-state index is 13.8. The quantitative estimate of drug-likeness (QED) is 0.311. The van der Waals surface area contributed by atoms with Gasteiger partial charge in [-0.05, 0) is 115 Å². The first kappa shape index (κ1) is 23.3. The van der Waals surface area contributed by atoms with Crippen molar-refractivity contribution in [1.29, 1.82) is 0 Å². The monoisotopic (exact) mass is 525 g/mol. The van der Waals surface area contributed by atoms with Crippen LogP contribution in [0, 0.1) is 17.8 Å². The minimum Gasteiger partial charge on any atom is -0.276 e. The molecule has 5 aliphatic rings. The first-order valence-electron chi connectivity index (χ1n) is 13.4. The Bertz CT molecular complexity index is 1400. The molecule has 0 N–H and O–H groups in total. The van der Waals surface area contributed by atoms with Crippen LogP contribution in [-0.2, 0) is 10.2 Å². The van der Waals surface area contributed by atoms with Crippen molar-refractivity contribution in [2.45, 2.75) is 43.9 Å². The molecular weight excluding hydrogens is 497 g/mol. The zero-order valence-electron chi connectivity index (χ0n) is 20.7. The van der Waals surface area contributed by atoms with Crippen LogP contribution in [0.4, 0.5) is 5.69 Å². The van der Waals surface area contributed by atoms with Crippen molar-refractivity contribution in [3.63, 3.8) is 0 Å². The standard InChI is InChI=1S/C33H29Cl2NO/c34-28-9-6-25(30(35)17-28)15-26-16-31(24-4-2-1-3-5-24)36(32(26)37)29-10-7-27(8-11-29)33-18-21-12-22(19-33)14-23(13-21)20-33/h1-11,15-17,21-23H,12-14,18-20H2/b26-15+. The maximum absolute atomic E-state index is 13.8. The van der Waals surface area contributed by atoms with Gasteiger partial charge in [-0.15, -0.1) is 0 Å². The van der Waals surface area contributed by atoms with Gasteiger partial charge in [0.25, 0.3) is 5.91 Å². The predicted molar refractivity (Wildman–Crippen MR) is 153 cm³/mol. The molecule has 4 fully saturated rings. The van der Waals surface area contributed by atoms with Gasteiger partial charge in [0.1, 0.15) is 0 Å². The van der Waals surface area contributed by atoms with Crippen LogP contribution < -0.4 is 4.90 Å².